The van der Waals surface area contributed by atoms with Gasteiger partial charge in [0.25, 0.3) is 0 Å². The first-order chi connectivity index (χ1) is 16.8. The summed E-state index contributed by atoms with van der Waals surface area (Å²) >= 11 is 1.56. The molecular formula is C26H25F3N4OS. The van der Waals surface area contributed by atoms with Crippen LogP contribution in [0.1, 0.15) is 23.2 Å². The van der Waals surface area contributed by atoms with Crippen molar-refractivity contribution in [3.63, 3.8) is 0 Å². The number of nitrogens with zero attached hydrogens (tertiary/aromatic N) is 3. The van der Waals surface area contributed by atoms with Crippen molar-refractivity contribution in [2.24, 2.45) is 7.05 Å². The third-order valence-corrected chi connectivity index (χ3v) is 6.16. The van der Waals surface area contributed by atoms with Crippen LogP contribution in [0, 0.1) is 6.92 Å². The third-order valence-electron chi connectivity index (χ3n) is 5.35. The summed E-state index contributed by atoms with van der Waals surface area (Å²) in [5.41, 5.74) is 2.84. The molecule has 9 heteroatoms. The topological polar surface area (TPSA) is 52.0 Å². The first-order valence-electron chi connectivity index (χ1n) is 11.1. The molecule has 4 aromatic rings. The molecule has 3 heterocycles. The number of aromatic nitrogens is 3. The molecule has 2 aromatic heterocycles. The largest absolute Gasteiger partial charge is 0.493 e. The van der Waals surface area contributed by atoms with E-state index in [0.29, 0.717) is 11.3 Å². The van der Waals surface area contributed by atoms with E-state index in [1.807, 2.05) is 25.1 Å². The van der Waals surface area contributed by atoms with E-state index >= 15 is 0 Å². The van der Waals surface area contributed by atoms with Crippen molar-refractivity contribution in [1.82, 2.24) is 14.8 Å². The lowest BCUT2D eigenvalue weighted by molar-refractivity contribution is -0.137. The highest BCUT2D eigenvalue weighted by molar-refractivity contribution is 8.00. The van der Waals surface area contributed by atoms with Crippen molar-refractivity contribution in [2.75, 3.05) is 11.3 Å². The van der Waals surface area contributed by atoms with E-state index in [-0.39, 0.29) is 0 Å². The first-order valence-corrected chi connectivity index (χ1v) is 11.9. The lowest BCUT2D eigenvalue weighted by Gasteiger charge is -2.17. The highest BCUT2D eigenvalue weighted by Gasteiger charge is 2.30. The summed E-state index contributed by atoms with van der Waals surface area (Å²) in [6.45, 7) is 2.82. The molecule has 2 aromatic carbocycles. The molecule has 0 atom stereocenters. The predicted octanol–water partition coefficient (Wildman–Crippen LogP) is 6.94. The van der Waals surface area contributed by atoms with Gasteiger partial charge in [0.1, 0.15) is 11.6 Å². The molecule has 1 aliphatic rings. The Morgan fingerprint density at radius 2 is 1.86 bits per heavy atom. The maximum Gasteiger partial charge on any atom is 0.416 e. The van der Waals surface area contributed by atoms with Crippen LogP contribution in [0.2, 0.25) is 0 Å². The average molecular weight is 499 g/mol. The summed E-state index contributed by atoms with van der Waals surface area (Å²) < 4.78 is 47.9. The zero-order valence-corrected chi connectivity index (χ0v) is 20.2. The fraction of sp³-hybridized carbons (Fsp3) is 0.231. The molecule has 0 amide bonds. The van der Waals surface area contributed by atoms with Gasteiger partial charge < -0.3 is 9.46 Å². The Balaban J connectivity index is 0.000000168. The normalized spacial score (nSPS) is 12.7. The Labute approximate surface area is 206 Å². The van der Waals surface area contributed by atoms with Gasteiger partial charge in [0.15, 0.2) is 0 Å². The van der Waals surface area contributed by atoms with Gasteiger partial charge in [-0.2, -0.15) is 18.3 Å². The van der Waals surface area contributed by atoms with E-state index in [1.54, 1.807) is 37.3 Å². The van der Waals surface area contributed by atoms with Crippen LogP contribution in [-0.4, -0.2) is 21.4 Å². The number of hydrogen-bond donors (Lipinski definition) is 1. The summed E-state index contributed by atoms with van der Waals surface area (Å²) in [7, 11) is 1.69. The van der Waals surface area contributed by atoms with E-state index in [9.17, 15) is 13.2 Å². The highest BCUT2D eigenvalue weighted by atomic mass is 32.2. The van der Waals surface area contributed by atoms with Crippen molar-refractivity contribution in [3.05, 3.63) is 89.7 Å². The molecule has 0 aliphatic carbocycles. The number of alkyl halides is 3. The van der Waals surface area contributed by atoms with Gasteiger partial charge in [-0.15, -0.1) is 0 Å². The molecule has 0 saturated heterocycles. The molecule has 0 bridgehead atoms. The van der Waals surface area contributed by atoms with Crippen molar-refractivity contribution < 1.29 is 17.9 Å². The van der Waals surface area contributed by atoms with Gasteiger partial charge in [0.05, 0.1) is 17.9 Å². The summed E-state index contributed by atoms with van der Waals surface area (Å²) in [6.07, 6.45) is -0.526. The zero-order valence-electron chi connectivity index (χ0n) is 19.3. The number of rotatable bonds is 4. The minimum Gasteiger partial charge on any atom is -0.493 e. The molecule has 5 nitrogen and oxygen atoms in total. The number of fused-ring (bicyclic) bond motifs is 1. The van der Waals surface area contributed by atoms with Crippen molar-refractivity contribution in [3.8, 4) is 17.0 Å². The van der Waals surface area contributed by atoms with Crippen LogP contribution in [0.4, 0.5) is 19.0 Å². The number of aryl methyl sites for hydroxylation is 3. The van der Waals surface area contributed by atoms with E-state index in [4.69, 9.17) is 4.74 Å². The molecule has 1 N–H and O–H groups in total. The van der Waals surface area contributed by atoms with E-state index in [0.717, 1.165) is 53.7 Å². The third kappa shape index (κ3) is 6.57. The molecule has 0 fully saturated rings. The molecule has 1 aliphatic heterocycles. The number of benzene rings is 2. The van der Waals surface area contributed by atoms with E-state index < -0.39 is 11.7 Å². The smallest absolute Gasteiger partial charge is 0.416 e. The maximum atomic E-state index is 12.5. The quantitative estimate of drug-likeness (QED) is 0.309. The second kappa shape index (κ2) is 10.9. The minimum absolute atomic E-state index is 0.509. The van der Waals surface area contributed by atoms with Crippen LogP contribution in [0.15, 0.2) is 77.8 Å². The Bertz CT molecular complexity index is 1290. The van der Waals surface area contributed by atoms with Gasteiger partial charge in [-0.05, 0) is 79.7 Å². The van der Waals surface area contributed by atoms with Crippen LogP contribution in [0.3, 0.4) is 0 Å². The fourth-order valence-electron chi connectivity index (χ4n) is 3.61. The van der Waals surface area contributed by atoms with Crippen LogP contribution in [0.25, 0.3) is 11.3 Å². The number of hydrogen-bond acceptors (Lipinski definition) is 5. The SMILES string of the molecule is Cc1cccc(NSc2ccc3c(c2)OCCC3)n1.Cn1nccc1-c1cccc(C(F)(F)F)c1. The van der Waals surface area contributed by atoms with E-state index in [1.165, 1.54) is 16.3 Å². The molecule has 0 radical (unpaired) electrons. The summed E-state index contributed by atoms with van der Waals surface area (Å²) in [5, 5.41) is 3.92. The fourth-order valence-corrected chi connectivity index (χ4v) is 4.25. The van der Waals surface area contributed by atoms with Crippen molar-refractivity contribution in [2.45, 2.75) is 30.8 Å². The van der Waals surface area contributed by atoms with Crippen LogP contribution >= 0.6 is 11.9 Å². The number of halogens is 3. The number of pyridine rings is 1. The van der Waals surface area contributed by atoms with Gasteiger partial charge in [-0.3, -0.25) is 4.68 Å². The Morgan fingerprint density at radius 1 is 1.03 bits per heavy atom. The molecule has 0 saturated carbocycles. The van der Waals surface area contributed by atoms with Gasteiger partial charge in [0.2, 0.25) is 0 Å². The van der Waals surface area contributed by atoms with Gasteiger partial charge >= 0.3 is 6.18 Å². The second-order valence-corrected chi connectivity index (χ2v) is 8.89. The summed E-state index contributed by atoms with van der Waals surface area (Å²) in [6, 6.07) is 19.2. The molecule has 182 valence electrons. The van der Waals surface area contributed by atoms with Crippen molar-refractivity contribution in [1.29, 1.82) is 0 Å². The monoisotopic (exact) mass is 498 g/mol. The number of ether oxygens (including phenoxy) is 1. The van der Waals surface area contributed by atoms with Crippen LogP contribution in [0.5, 0.6) is 5.75 Å². The van der Waals surface area contributed by atoms with Crippen molar-refractivity contribution >= 4 is 17.8 Å². The Morgan fingerprint density at radius 3 is 2.60 bits per heavy atom. The van der Waals surface area contributed by atoms with Crippen LogP contribution < -0.4 is 9.46 Å². The Kier molecular flexibility index (Phi) is 7.65. The predicted molar refractivity (Wildman–Crippen MR) is 132 cm³/mol. The minimum atomic E-state index is -4.31. The average Bonchev–Trinajstić information content (AvgIpc) is 3.28. The number of anilines is 1. The zero-order chi connectivity index (χ0) is 24.8. The van der Waals surface area contributed by atoms with Gasteiger partial charge in [0, 0.05) is 29.4 Å². The standard InChI is InChI=1S/C15H16N2OS.C11H9F3N2/c1-11-4-2-6-15(16-11)17-19-13-8-7-12-5-3-9-18-14(12)10-13;1-16-10(5-6-15-16)8-3-2-4-9(7-8)11(12,13)14/h2,4,6-8,10H,3,5,9H2,1H3,(H,16,17);2-7H,1H3. The Hall–Kier alpha value is -3.46. The van der Waals surface area contributed by atoms with E-state index in [2.05, 4.69) is 33.0 Å². The second-order valence-electron chi connectivity index (χ2n) is 8.01. The number of nitrogens with one attached hydrogen (secondary N) is 1. The van der Waals surface area contributed by atoms with Gasteiger partial charge in [-0.1, -0.05) is 24.3 Å². The maximum absolute atomic E-state index is 12.5. The molecular weight excluding hydrogens is 473 g/mol. The molecule has 35 heavy (non-hydrogen) atoms. The van der Waals surface area contributed by atoms with Crippen LogP contribution in [-0.2, 0) is 19.6 Å². The molecule has 5 rings (SSSR count). The highest BCUT2D eigenvalue weighted by Crippen LogP contribution is 2.32. The molecule has 0 unspecified atom stereocenters. The summed E-state index contributed by atoms with van der Waals surface area (Å²) in [4.78, 5) is 5.56. The van der Waals surface area contributed by atoms with Gasteiger partial charge in [-0.25, -0.2) is 4.98 Å². The molecule has 0 spiro atoms. The lowest BCUT2D eigenvalue weighted by Crippen LogP contribution is -2.08. The first kappa shape index (κ1) is 24.7. The lowest BCUT2D eigenvalue weighted by atomic mass is 10.1. The summed E-state index contributed by atoms with van der Waals surface area (Å²) in [5.74, 6) is 1.90.